The molecule has 2 aromatic rings. The smallest absolute Gasteiger partial charge is 0.405 e. The minimum absolute atomic E-state index is 0.000215. The van der Waals surface area contributed by atoms with Crippen LogP contribution in [0.25, 0.3) is 11.5 Å². The number of hydrogen-bond donors (Lipinski definition) is 2. The molecule has 2 amide bonds. The summed E-state index contributed by atoms with van der Waals surface area (Å²) in [6, 6.07) is 7.76. The van der Waals surface area contributed by atoms with Crippen molar-refractivity contribution in [2.75, 3.05) is 11.1 Å². The number of aromatic nitrogens is 2. The molecule has 0 fully saturated rings. The van der Waals surface area contributed by atoms with Gasteiger partial charge < -0.3 is 20.2 Å². The summed E-state index contributed by atoms with van der Waals surface area (Å²) in [5, 5.41) is 20.0. The van der Waals surface area contributed by atoms with Gasteiger partial charge in [-0.15, -0.1) is 22.0 Å². The molecule has 0 unspecified atom stereocenters. The molecule has 2 heterocycles. The van der Waals surface area contributed by atoms with E-state index in [1.165, 1.54) is 0 Å². The molecule has 0 spiro atoms. The van der Waals surface area contributed by atoms with Gasteiger partial charge in [0.2, 0.25) is 17.7 Å². The summed E-state index contributed by atoms with van der Waals surface area (Å²) < 4.78 is 10.2. The highest BCUT2D eigenvalue weighted by atomic mass is 32.2. The molecule has 0 radical (unpaired) electrons. The van der Waals surface area contributed by atoms with Crippen molar-refractivity contribution in [2.24, 2.45) is 5.73 Å². The van der Waals surface area contributed by atoms with E-state index in [-0.39, 0.29) is 11.8 Å². The number of nitrogens with one attached hydrogen (secondary N) is 1. The van der Waals surface area contributed by atoms with E-state index in [1.807, 2.05) is 18.2 Å². The second-order valence-electron chi connectivity index (χ2n) is 8.04. The summed E-state index contributed by atoms with van der Waals surface area (Å²) >= 11 is 1.64. The van der Waals surface area contributed by atoms with E-state index in [9.17, 15) is 9.59 Å². The fourth-order valence-electron chi connectivity index (χ4n) is 2.30. The zero-order valence-corrected chi connectivity index (χ0v) is 18.4. The predicted octanol–water partition coefficient (Wildman–Crippen LogP) is 3.85. The number of carbonyl (C=O) groups is 2. The molecule has 3 rings (SSSR count). The van der Waals surface area contributed by atoms with E-state index in [2.05, 4.69) is 26.3 Å². The van der Waals surface area contributed by atoms with E-state index < -0.39 is 17.1 Å². The maximum absolute atomic E-state index is 11.7. The van der Waals surface area contributed by atoms with Crippen molar-refractivity contribution in [3.05, 3.63) is 24.1 Å². The summed E-state index contributed by atoms with van der Waals surface area (Å²) in [5.74, 6) is 1.38. The Morgan fingerprint density at radius 3 is 2.57 bits per heavy atom. The number of nitrogens with zero attached hydrogens (tertiary/aromatic N) is 3. The zero-order valence-electron chi connectivity index (χ0n) is 17.6. The molecule has 3 N–H and O–H groups in total. The number of rotatable bonds is 2. The van der Waals surface area contributed by atoms with Crippen LogP contribution < -0.4 is 11.1 Å². The largest absolute Gasteiger partial charge is 0.444 e. The number of amides is 2. The first kappa shape index (κ1) is 23.2. The maximum atomic E-state index is 11.7. The van der Waals surface area contributed by atoms with Gasteiger partial charge in [-0.3, -0.25) is 4.79 Å². The van der Waals surface area contributed by atoms with Crippen LogP contribution in [-0.2, 0) is 14.9 Å². The van der Waals surface area contributed by atoms with Crippen molar-refractivity contribution in [2.45, 2.75) is 57.0 Å². The van der Waals surface area contributed by atoms with Crippen LogP contribution in [-0.4, -0.2) is 33.6 Å². The number of nitrogens with two attached hydrogens (primary N) is 1. The molecule has 1 aromatic heterocycles. The number of hydrogen-bond acceptors (Lipinski definition) is 8. The molecule has 0 saturated carbocycles. The fraction of sp³-hybridized carbons (Fsp3) is 0.450. The van der Waals surface area contributed by atoms with Gasteiger partial charge >= 0.3 is 6.09 Å². The number of carbonyl (C=O) groups excluding carboxylic acids is 2. The number of thioether (sulfide) groups is 1. The number of benzene rings is 1. The van der Waals surface area contributed by atoms with Crippen molar-refractivity contribution in [3.8, 4) is 17.5 Å². The Hall–Kier alpha value is -3.06. The number of primary amides is 1. The molecule has 160 valence electrons. The third-order valence-electron chi connectivity index (χ3n) is 3.73. The van der Waals surface area contributed by atoms with Crippen molar-refractivity contribution in [3.63, 3.8) is 0 Å². The van der Waals surface area contributed by atoms with Crippen LogP contribution in [0.2, 0.25) is 0 Å². The van der Waals surface area contributed by atoms with Crippen LogP contribution in [0.3, 0.4) is 0 Å². The zero-order chi connectivity index (χ0) is 22.5. The van der Waals surface area contributed by atoms with Crippen LogP contribution in [0, 0.1) is 11.3 Å². The third-order valence-corrected chi connectivity index (χ3v) is 4.81. The van der Waals surface area contributed by atoms with Gasteiger partial charge in [-0.05, 0) is 52.8 Å². The van der Waals surface area contributed by atoms with E-state index in [0.29, 0.717) is 17.9 Å². The lowest BCUT2D eigenvalue weighted by Gasteiger charge is -2.16. The predicted molar refractivity (Wildman–Crippen MR) is 113 cm³/mol. The first-order chi connectivity index (χ1) is 13.9. The molecule has 0 bridgehead atoms. The molecule has 1 aromatic carbocycles. The van der Waals surface area contributed by atoms with Crippen molar-refractivity contribution in [1.29, 1.82) is 5.26 Å². The lowest BCUT2D eigenvalue weighted by Crippen LogP contribution is -2.27. The van der Waals surface area contributed by atoms with Gasteiger partial charge in [0, 0.05) is 22.6 Å². The monoisotopic (exact) mass is 431 g/mol. The Kier molecular flexibility index (Phi) is 7.10. The molecular formula is C20H25N5O4S. The Labute approximate surface area is 179 Å². The van der Waals surface area contributed by atoms with Gasteiger partial charge in [0.05, 0.1) is 11.8 Å². The molecule has 0 aliphatic carbocycles. The van der Waals surface area contributed by atoms with Crippen molar-refractivity contribution >= 4 is 29.4 Å². The van der Waals surface area contributed by atoms with Gasteiger partial charge in [-0.1, -0.05) is 0 Å². The first-order valence-corrected chi connectivity index (χ1v) is 10.2. The second-order valence-corrected chi connectivity index (χ2v) is 9.18. The van der Waals surface area contributed by atoms with Crippen molar-refractivity contribution < 1.29 is 18.7 Å². The number of anilines is 1. The number of nitriles is 1. The second kappa shape index (κ2) is 9.17. The maximum Gasteiger partial charge on any atom is 0.405 e. The Bertz CT molecular complexity index is 972. The fourth-order valence-corrected chi connectivity index (χ4v) is 3.23. The van der Waals surface area contributed by atoms with Gasteiger partial charge in [0.25, 0.3) is 0 Å². The standard InChI is InChI=1S/C15H14N4O2S.C5H11NO2/c1-15(2,8-16)14-19-18-13(21-14)9-3-4-11-10(7-9)17-12(20)5-6-22-11;1-5(2,3)8-4(6)7/h3-4,7H,5-6H2,1-2H3,(H,17,20);1-3H3,(H2,6,7). The molecule has 0 saturated heterocycles. The lowest BCUT2D eigenvalue weighted by molar-refractivity contribution is -0.115. The average Bonchev–Trinajstić information content (AvgIpc) is 3.05. The van der Waals surface area contributed by atoms with Crippen LogP contribution in [0.5, 0.6) is 0 Å². The molecule has 1 aliphatic rings. The first-order valence-electron chi connectivity index (χ1n) is 9.22. The lowest BCUT2D eigenvalue weighted by atomic mass is 9.96. The van der Waals surface area contributed by atoms with Crippen LogP contribution >= 0.6 is 11.8 Å². The van der Waals surface area contributed by atoms with Gasteiger partial charge in [0.1, 0.15) is 11.0 Å². The van der Waals surface area contributed by atoms with Gasteiger partial charge in [0.15, 0.2) is 0 Å². The summed E-state index contributed by atoms with van der Waals surface area (Å²) in [7, 11) is 0. The van der Waals surface area contributed by atoms with Crippen LogP contribution in [0.4, 0.5) is 10.5 Å². The van der Waals surface area contributed by atoms with Crippen LogP contribution in [0.15, 0.2) is 27.5 Å². The van der Waals surface area contributed by atoms with E-state index in [1.54, 1.807) is 46.4 Å². The highest BCUT2D eigenvalue weighted by Crippen LogP contribution is 2.34. The molecule has 10 heteroatoms. The Morgan fingerprint density at radius 1 is 1.30 bits per heavy atom. The Morgan fingerprint density at radius 2 is 2.00 bits per heavy atom. The van der Waals surface area contributed by atoms with Gasteiger partial charge in [-0.2, -0.15) is 5.26 Å². The summed E-state index contributed by atoms with van der Waals surface area (Å²) in [6.45, 7) is 8.73. The van der Waals surface area contributed by atoms with E-state index >= 15 is 0 Å². The minimum Gasteiger partial charge on any atom is -0.444 e. The van der Waals surface area contributed by atoms with E-state index in [0.717, 1.165) is 16.3 Å². The van der Waals surface area contributed by atoms with E-state index in [4.69, 9.17) is 15.4 Å². The normalized spacial score (nSPS) is 13.7. The van der Waals surface area contributed by atoms with Gasteiger partial charge in [-0.25, -0.2) is 4.79 Å². The summed E-state index contributed by atoms with van der Waals surface area (Å²) in [5.41, 5.74) is 4.90. The number of fused-ring (bicyclic) bond motifs is 1. The molecular weight excluding hydrogens is 406 g/mol. The minimum atomic E-state index is -0.832. The summed E-state index contributed by atoms with van der Waals surface area (Å²) in [6.07, 6.45) is -0.229. The quantitative estimate of drug-likeness (QED) is 0.729. The molecule has 0 atom stereocenters. The Balaban J connectivity index is 0.000000343. The van der Waals surface area contributed by atoms with Crippen molar-refractivity contribution in [1.82, 2.24) is 10.2 Å². The van der Waals surface area contributed by atoms with Crippen LogP contribution in [0.1, 0.15) is 46.9 Å². The molecule has 9 nitrogen and oxygen atoms in total. The highest BCUT2D eigenvalue weighted by molar-refractivity contribution is 7.99. The molecule has 1 aliphatic heterocycles. The third kappa shape index (κ3) is 6.49. The molecule has 30 heavy (non-hydrogen) atoms. The SMILES string of the molecule is CC(C)(C#N)c1nnc(-c2ccc3c(c2)NC(=O)CCS3)o1.CC(C)(C)OC(N)=O. The summed E-state index contributed by atoms with van der Waals surface area (Å²) in [4.78, 5) is 22.7. The highest BCUT2D eigenvalue weighted by Gasteiger charge is 2.27. The number of ether oxygens (including phenoxy) is 1. The average molecular weight is 432 g/mol. The topological polar surface area (TPSA) is 144 Å².